The zero-order chi connectivity index (χ0) is 20.3. The normalized spacial score (nSPS) is 12.4. The zero-order valence-corrected chi connectivity index (χ0v) is 18.2. The number of sulfonamides is 1. The second-order valence-corrected chi connectivity index (χ2v) is 9.27. The number of benzene rings is 1. The van der Waals surface area contributed by atoms with Gasteiger partial charge in [0.1, 0.15) is 5.82 Å². The van der Waals surface area contributed by atoms with Crippen LogP contribution in [-0.2, 0) is 22.3 Å². The fourth-order valence-electron chi connectivity index (χ4n) is 2.41. The molecular formula is C18H31FN4O2S2. The van der Waals surface area contributed by atoms with Gasteiger partial charge in [-0.25, -0.2) is 22.1 Å². The molecule has 0 aliphatic carbocycles. The van der Waals surface area contributed by atoms with Crippen LogP contribution in [0.4, 0.5) is 4.39 Å². The monoisotopic (exact) mass is 418 g/mol. The third-order valence-electron chi connectivity index (χ3n) is 4.00. The lowest BCUT2D eigenvalue weighted by Gasteiger charge is -2.17. The van der Waals surface area contributed by atoms with E-state index in [0.717, 1.165) is 23.4 Å². The van der Waals surface area contributed by atoms with Gasteiger partial charge >= 0.3 is 0 Å². The first kappa shape index (κ1) is 23.7. The van der Waals surface area contributed by atoms with Gasteiger partial charge in [-0.15, -0.1) is 0 Å². The molecule has 2 N–H and O–H groups in total. The quantitative estimate of drug-likeness (QED) is 0.328. The van der Waals surface area contributed by atoms with Crippen molar-refractivity contribution in [3.63, 3.8) is 0 Å². The molecule has 1 aromatic carbocycles. The van der Waals surface area contributed by atoms with Crippen molar-refractivity contribution < 1.29 is 12.8 Å². The number of halogens is 1. The van der Waals surface area contributed by atoms with Crippen LogP contribution in [-0.4, -0.2) is 57.4 Å². The van der Waals surface area contributed by atoms with E-state index in [9.17, 15) is 12.8 Å². The third-order valence-corrected chi connectivity index (χ3v) is 6.46. The molecular weight excluding hydrogens is 387 g/mol. The molecule has 0 fully saturated rings. The summed E-state index contributed by atoms with van der Waals surface area (Å²) in [5.74, 6) is 1.28. The summed E-state index contributed by atoms with van der Waals surface area (Å²) in [5, 5.41) is 6.39. The molecule has 0 spiro atoms. The summed E-state index contributed by atoms with van der Waals surface area (Å²) in [6.45, 7) is 5.86. The Morgan fingerprint density at radius 1 is 1.26 bits per heavy atom. The number of rotatable bonds is 11. The van der Waals surface area contributed by atoms with Crippen LogP contribution in [0.2, 0.25) is 0 Å². The molecule has 0 aromatic heterocycles. The van der Waals surface area contributed by atoms with E-state index < -0.39 is 10.0 Å². The predicted octanol–water partition coefficient (Wildman–Crippen LogP) is 2.42. The van der Waals surface area contributed by atoms with Gasteiger partial charge in [0, 0.05) is 32.4 Å². The van der Waals surface area contributed by atoms with E-state index in [4.69, 9.17) is 0 Å². The minimum Gasteiger partial charge on any atom is -0.357 e. The third kappa shape index (κ3) is 8.49. The molecule has 1 aromatic rings. The highest BCUT2D eigenvalue weighted by atomic mass is 32.2. The average molecular weight is 419 g/mol. The van der Waals surface area contributed by atoms with Crippen molar-refractivity contribution in [1.82, 2.24) is 14.9 Å². The molecule has 9 heteroatoms. The van der Waals surface area contributed by atoms with Crippen LogP contribution in [0.5, 0.6) is 0 Å². The summed E-state index contributed by atoms with van der Waals surface area (Å²) in [7, 11) is -1.54. The molecule has 0 saturated carbocycles. The highest BCUT2D eigenvalue weighted by Crippen LogP contribution is 2.17. The second-order valence-electron chi connectivity index (χ2n) is 6.04. The molecule has 1 rings (SSSR count). The number of hydrogen-bond acceptors (Lipinski definition) is 4. The van der Waals surface area contributed by atoms with Crippen LogP contribution in [0.3, 0.4) is 0 Å². The molecule has 0 radical (unpaired) electrons. The van der Waals surface area contributed by atoms with Gasteiger partial charge in [-0.3, -0.25) is 0 Å². The Labute approximate surface area is 167 Å². The summed E-state index contributed by atoms with van der Waals surface area (Å²) >= 11 is 1.65. The molecule has 0 aliphatic heterocycles. The van der Waals surface area contributed by atoms with Crippen molar-refractivity contribution in [3.05, 3.63) is 35.1 Å². The van der Waals surface area contributed by atoms with E-state index >= 15 is 0 Å². The smallest absolute Gasteiger partial charge is 0.213 e. The molecule has 0 heterocycles. The van der Waals surface area contributed by atoms with Crippen LogP contribution in [0.25, 0.3) is 0 Å². The first-order valence-electron chi connectivity index (χ1n) is 9.06. The van der Waals surface area contributed by atoms with Gasteiger partial charge in [0.25, 0.3) is 0 Å². The van der Waals surface area contributed by atoms with Crippen molar-refractivity contribution in [3.8, 4) is 0 Å². The van der Waals surface area contributed by atoms with Crippen molar-refractivity contribution in [2.75, 3.05) is 38.7 Å². The Hall–Kier alpha value is -1.32. The molecule has 0 bridgehead atoms. The summed E-state index contributed by atoms with van der Waals surface area (Å²) < 4.78 is 38.3. The second kappa shape index (κ2) is 12.2. The van der Waals surface area contributed by atoms with Gasteiger partial charge < -0.3 is 10.6 Å². The fraction of sp³-hybridized carbons (Fsp3) is 0.611. The van der Waals surface area contributed by atoms with Crippen LogP contribution in [0.1, 0.15) is 31.4 Å². The Kier molecular flexibility index (Phi) is 10.7. The van der Waals surface area contributed by atoms with Crippen molar-refractivity contribution in [2.45, 2.75) is 32.6 Å². The van der Waals surface area contributed by atoms with Crippen LogP contribution >= 0.6 is 11.8 Å². The lowest BCUT2D eigenvalue weighted by atomic mass is 10.1. The van der Waals surface area contributed by atoms with Gasteiger partial charge in [0.05, 0.1) is 12.3 Å². The Morgan fingerprint density at radius 2 is 2.00 bits per heavy atom. The van der Waals surface area contributed by atoms with Crippen LogP contribution < -0.4 is 10.6 Å². The van der Waals surface area contributed by atoms with Crippen molar-refractivity contribution in [1.29, 1.82) is 0 Å². The van der Waals surface area contributed by atoms with E-state index in [0.29, 0.717) is 32.0 Å². The highest BCUT2D eigenvalue weighted by Gasteiger charge is 2.14. The zero-order valence-electron chi connectivity index (χ0n) is 16.6. The Balaban J connectivity index is 2.63. The van der Waals surface area contributed by atoms with Crippen molar-refractivity contribution >= 4 is 27.7 Å². The summed E-state index contributed by atoms with van der Waals surface area (Å²) in [6.07, 6.45) is 2.66. The molecule has 0 aliphatic rings. The summed E-state index contributed by atoms with van der Waals surface area (Å²) in [5.41, 5.74) is 1.95. The maximum Gasteiger partial charge on any atom is 0.213 e. The molecule has 0 amide bonds. The first-order chi connectivity index (χ1) is 12.8. The van der Waals surface area contributed by atoms with Gasteiger partial charge in [-0.2, -0.15) is 11.8 Å². The fourth-order valence-corrected chi connectivity index (χ4v) is 3.84. The molecule has 6 nitrogen and oxygen atoms in total. The molecule has 0 saturated heterocycles. The summed E-state index contributed by atoms with van der Waals surface area (Å²) in [6, 6.07) is 4.79. The minimum absolute atomic E-state index is 0.108. The lowest BCUT2D eigenvalue weighted by molar-refractivity contribution is 0.461. The standard InChI is InChI=1S/C18H31FN4O2S2/c1-5-20-18(21-10-7-11-23(3)27(24,25)6-2)22-13-15-8-9-17(19)12-16(15)14-26-4/h8-9,12H,5-7,10-11,13-14H2,1-4H3,(H2,20,21,22). The van der Waals surface area contributed by atoms with Crippen LogP contribution in [0, 0.1) is 5.82 Å². The largest absolute Gasteiger partial charge is 0.357 e. The van der Waals surface area contributed by atoms with Gasteiger partial charge in [-0.05, 0) is 49.8 Å². The van der Waals surface area contributed by atoms with Gasteiger partial charge in [-0.1, -0.05) is 6.07 Å². The molecule has 27 heavy (non-hydrogen) atoms. The van der Waals surface area contributed by atoms with Crippen LogP contribution in [0.15, 0.2) is 23.2 Å². The Morgan fingerprint density at radius 3 is 2.63 bits per heavy atom. The topological polar surface area (TPSA) is 73.8 Å². The minimum atomic E-state index is -3.14. The Bertz CT molecular complexity index is 711. The summed E-state index contributed by atoms with van der Waals surface area (Å²) in [4.78, 5) is 4.57. The van der Waals surface area contributed by atoms with E-state index in [2.05, 4.69) is 15.6 Å². The van der Waals surface area contributed by atoms with Gasteiger partial charge in [0.15, 0.2) is 5.96 Å². The SMILES string of the molecule is CCNC(=NCc1ccc(F)cc1CSC)NCCCN(C)S(=O)(=O)CC. The molecule has 154 valence electrons. The maximum atomic E-state index is 13.5. The predicted molar refractivity (Wildman–Crippen MR) is 113 cm³/mol. The number of thioether (sulfide) groups is 1. The number of nitrogens with one attached hydrogen (secondary N) is 2. The van der Waals surface area contributed by atoms with Gasteiger partial charge in [0.2, 0.25) is 10.0 Å². The number of nitrogens with zero attached hydrogens (tertiary/aromatic N) is 2. The highest BCUT2D eigenvalue weighted by molar-refractivity contribution is 7.97. The molecule has 0 atom stereocenters. The van der Waals surface area contributed by atoms with Crippen molar-refractivity contribution in [2.24, 2.45) is 4.99 Å². The maximum absolute atomic E-state index is 13.5. The van der Waals surface area contributed by atoms with E-state index in [1.807, 2.05) is 13.2 Å². The van der Waals surface area contributed by atoms with E-state index in [-0.39, 0.29) is 11.6 Å². The average Bonchev–Trinajstić information content (AvgIpc) is 2.64. The lowest BCUT2D eigenvalue weighted by Crippen LogP contribution is -2.39. The first-order valence-corrected chi connectivity index (χ1v) is 12.1. The van der Waals surface area contributed by atoms with E-state index in [1.165, 1.54) is 10.4 Å². The number of aliphatic imine (C=N–C) groups is 1. The van der Waals surface area contributed by atoms with E-state index in [1.54, 1.807) is 37.9 Å². The number of guanidine groups is 1. The molecule has 0 unspecified atom stereocenters. The number of hydrogen-bond donors (Lipinski definition) is 2.